The molecule has 0 aliphatic heterocycles. The van der Waals surface area contributed by atoms with Gasteiger partial charge in [0.25, 0.3) is 0 Å². The molecular formula is C10H10FN3O. The van der Waals surface area contributed by atoms with Gasteiger partial charge in [-0.15, -0.1) is 0 Å². The molecule has 0 fully saturated rings. The number of ether oxygens (including phenoxy) is 1. The smallest absolute Gasteiger partial charge is 0.165 e. The van der Waals surface area contributed by atoms with Gasteiger partial charge in [-0.2, -0.15) is 0 Å². The van der Waals surface area contributed by atoms with Crippen LogP contribution in [-0.2, 0) is 6.61 Å². The minimum absolute atomic E-state index is 0.165. The van der Waals surface area contributed by atoms with Crippen LogP contribution in [0.2, 0.25) is 0 Å². The number of hydrogen-bond donors (Lipinski definition) is 2. The van der Waals surface area contributed by atoms with Crippen LogP contribution in [-0.4, -0.2) is 9.97 Å². The maximum absolute atomic E-state index is 13.1. The SMILES string of the molecule is Nc1cnc(COc2ccccc2F)[nH]1. The molecule has 0 unspecified atom stereocenters. The van der Waals surface area contributed by atoms with E-state index in [2.05, 4.69) is 9.97 Å². The van der Waals surface area contributed by atoms with Gasteiger partial charge >= 0.3 is 0 Å². The summed E-state index contributed by atoms with van der Waals surface area (Å²) in [4.78, 5) is 6.72. The van der Waals surface area contributed by atoms with Crippen LogP contribution in [0.25, 0.3) is 0 Å². The Labute approximate surface area is 85.9 Å². The summed E-state index contributed by atoms with van der Waals surface area (Å²) in [6.45, 7) is 0.165. The molecule has 2 aromatic rings. The molecular weight excluding hydrogens is 197 g/mol. The number of aromatic nitrogens is 2. The molecule has 0 amide bonds. The molecule has 0 aliphatic carbocycles. The van der Waals surface area contributed by atoms with Gasteiger partial charge in [0.15, 0.2) is 11.6 Å². The van der Waals surface area contributed by atoms with Crippen LogP contribution in [0, 0.1) is 5.82 Å². The Bertz CT molecular complexity index is 455. The maximum atomic E-state index is 13.1. The van der Waals surface area contributed by atoms with E-state index in [9.17, 15) is 4.39 Å². The Kier molecular flexibility index (Phi) is 2.53. The van der Waals surface area contributed by atoms with Gasteiger partial charge < -0.3 is 15.5 Å². The number of rotatable bonds is 3. The van der Waals surface area contributed by atoms with E-state index in [1.165, 1.54) is 12.3 Å². The second kappa shape index (κ2) is 4.00. The first-order valence-electron chi connectivity index (χ1n) is 4.42. The molecule has 0 radical (unpaired) electrons. The predicted molar refractivity (Wildman–Crippen MR) is 53.7 cm³/mol. The third-order valence-electron chi connectivity index (χ3n) is 1.85. The summed E-state index contributed by atoms with van der Waals surface area (Å²) in [7, 11) is 0. The van der Waals surface area contributed by atoms with Crippen molar-refractivity contribution in [3.63, 3.8) is 0 Å². The number of anilines is 1. The molecule has 0 saturated carbocycles. The number of nitrogens with one attached hydrogen (secondary N) is 1. The van der Waals surface area contributed by atoms with Crippen LogP contribution in [0.5, 0.6) is 5.75 Å². The Morgan fingerprint density at radius 2 is 2.20 bits per heavy atom. The number of nitrogen functional groups attached to an aromatic ring is 1. The fourth-order valence-corrected chi connectivity index (χ4v) is 1.16. The highest BCUT2D eigenvalue weighted by Crippen LogP contribution is 2.16. The topological polar surface area (TPSA) is 63.9 Å². The van der Waals surface area contributed by atoms with Crippen LogP contribution < -0.4 is 10.5 Å². The second-order valence-corrected chi connectivity index (χ2v) is 3.00. The molecule has 0 bridgehead atoms. The summed E-state index contributed by atoms with van der Waals surface area (Å²) in [5, 5.41) is 0. The Morgan fingerprint density at radius 1 is 1.40 bits per heavy atom. The quantitative estimate of drug-likeness (QED) is 0.805. The van der Waals surface area contributed by atoms with Crippen LogP contribution in [0.3, 0.4) is 0 Å². The fraction of sp³-hybridized carbons (Fsp3) is 0.100. The third-order valence-corrected chi connectivity index (χ3v) is 1.85. The highest BCUT2D eigenvalue weighted by atomic mass is 19.1. The van der Waals surface area contributed by atoms with E-state index in [0.29, 0.717) is 11.6 Å². The number of halogens is 1. The number of H-pyrrole nitrogens is 1. The highest BCUT2D eigenvalue weighted by Gasteiger charge is 2.03. The predicted octanol–water partition coefficient (Wildman–Crippen LogP) is 1.71. The summed E-state index contributed by atoms with van der Waals surface area (Å²) in [6.07, 6.45) is 1.49. The van der Waals surface area contributed by atoms with Gasteiger partial charge in [-0.25, -0.2) is 9.37 Å². The molecule has 0 saturated heterocycles. The molecule has 1 heterocycles. The maximum Gasteiger partial charge on any atom is 0.165 e. The van der Waals surface area contributed by atoms with E-state index in [-0.39, 0.29) is 12.4 Å². The molecule has 15 heavy (non-hydrogen) atoms. The first kappa shape index (κ1) is 9.51. The number of benzene rings is 1. The average Bonchev–Trinajstić information content (AvgIpc) is 2.63. The molecule has 4 nitrogen and oxygen atoms in total. The highest BCUT2D eigenvalue weighted by molar-refractivity contribution is 5.25. The molecule has 1 aromatic carbocycles. The van der Waals surface area contributed by atoms with E-state index in [4.69, 9.17) is 10.5 Å². The van der Waals surface area contributed by atoms with Crippen LogP contribution in [0.15, 0.2) is 30.5 Å². The second-order valence-electron chi connectivity index (χ2n) is 3.00. The third kappa shape index (κ3) is 2.25. The van der Waals surface area contributed by atoms with Gasteiger partial charge in [0.2, 0.25) is 0 Å². The Morgan fingerprint density at radius 3 is 2.87 bits per heavy atom. The summed E-state index contributed by atoms with van der Waals surface area (Å²) in [5.41, 5.74) is 5.43. The van der Waals surface area contributed by atoms with Crippen LogP contribution >= 0.6 is 0 Å². The molecule has 3 N–H and O–H groups in total. The average molecular weight is 207 g/mol. The molecule has 0 atom stereocenters. The molecule has 78 valence electrons. The molecule has 1 aromatic heterocycles. The standard InChI is InChI=1S/C10H10FN3O/c11-7-3-1-2-4-8(7)15-6-10-13-5-9(12)14-10/h1-5H,6,12H2,(H,13,14). The molecule has 2 rings (SSSR count). The first-order chi connectivity index (χ1) is 7.25. The minimum Gasteiger partial charge on any atom is -0.483 e. The van der Waals surface area contributed by atoms with Crippen molar-refractivity contribution in [2.75, 3.05) is 5.73 Å². The summed E-state index contributed by atoms with van der Waals surface area (Å²) >= 11 is 0. The zero-order chi connectivity index (χ0) is 10.7. The van der Waals surface area contributed by atoms with Crippen LogP contribution in [0.4, 0.5) is 10.2 Å². The Hall–Kier alpha value is -2.04. The van der Waals surface area contributed by atoms with E-state index < -0.39 is 5.82 Å². The number of hydrogen-bond acceptors (Lipinski definition) is 3. The Balaban J connectivity index is 2.02. The number of imidazole rings is 1. The zero-order valence-corrected chi connectivity index (χ0v) is 7.90. The number of aromatic amines is 1. The van der Waals surface area contributed by atoms with Crippen molar-refractivity contribution < 1.29 is 9.13 Å². The van der Waals surface area contributed by atoms with Crippen molar-refractivity contribution in [3.8, 4) is 5.75 Å². The minimum atomic E-state index is -0.392. The lowest BCUT2D eigenvalue weighted by Gasteiger charge is -2.04. The summed E-state index contributed by atoms with van der Waals surface area (Å²) in [6, 6.07) is 6.20. The largest absolute Gasteiger partial charge is 0.483 e. The van der Waals surface area contributed by atoms with Crippen LogP contribution in [0.1, 0.15) is 5.82 Å². The monoisotopic (exact) mass is 207 g/mol. The lowest BCUT2D eigenvalue weighted by atomic mass is 10.3. The molecule has 5 heteroatoms. The zero-order valence-electron chi connectivity index (χ0n) is 7.90. The number of nitrogens with zero attached hydrogens (tertiary/aromatic N) is 1. The van der Waals surface area contributed by atoms with Crippen molar-refractivity contribution in [3.05, 3.63) is 42.1 Å². The number of para-hydroxylation sites is 1. The van der Waals surface area contributed by atoms with Gasteiger partial charge in [0, 0.05) is 0 Å². The van der Waals surface area contributed by atoms with Gasteiger partial charge in [0.05, 0.1) is 6.20 Å². The molecule has 0 aliphatic rings. The van der Waals surface area contributed by atoms with E-state index in [1.807, 2.05) is 0 Å². The lowest BCUT2D eigenvalue weighted by Crippen LogP contribution is -1.99. The van der Waals surface area contributed by atoms with Gasteiger partial charge in [-0.05, 0) is 12.1 Å². The number of nitrogens with two attached hydrogens (primary N) is 1. The van der Waals surface area contributed by atoms with E-state index in [1.54, 1.807) is 18.2 Å². The normalized spacial score (nSPS) is 10.2. The van der Waals surface area contributed by atoms with E-state index >= 15 is 0 Å². The lowest BCUT2D eigenvalue weighted by molar-refractivity contribution is 0.282. The van der Waals surface area contributed by atoms with Gasteiger partial charge in [-0.3, -0.25) is 0 Å². The van der Waals surface area contributed by atoms with Crippen molar-refractivity contribution in [1.82, 2.24) is 9.97 Å². The summed E-state index contributed by atoms with van der Waals surface area (Å²) < 4.78 is 18.3. The van der Waals surface area contributed by atoms with Crippen molar-refractivity contribution in [2.24, 2.45) is 0 Å². The van der Waals surface area contributed by atoms with Gasteiger partial charge in [0.1, 0.15) is 18.2 Å². The van der Waals surface area contributed by atoms with E-state index in [0.717, 1.165) is 0 Å². The van der Waals surface area contributed by atoms with Gasteiger partial charge in [-0.1, -0.05) is 12.1 Å². The van der Waals surface area contributed by atoms with Crippen molar-refractivity contribution in [2.45, 2.75) is 6.61 Å². The summed E-state index contributed by atoms with van der Waals surface area (Å²) in [5.74, 6) is 0.836. The first-order valence-corrected chi connectivity index (χ1v) is 4.42. The van der Waals surface area contributed by atoms with Crippen molar-refractivity contribution in [1.29, 1.82) is 0 Å². The fourth-order valence-electron chi connectivity index (χ4n) is 1.16. The molecule has 0 spiro atoms. The van der Waals surface area contributed by atoms with Crippen molar-refractivity contribution >= 4 is 5.82 Å².